The molecule has 2 aromatic rings. The minimum absolute atomic E-state index is 0.816. The summed E-state index contributed by atoms with van der Waals surface area (Å²) in [5, 5.41) is 3.44. The molecule has 0 bridgehead atoms. The number of ether oxygens (including phenoxy) is 1. The first-order valence-corrected chi connectivity index (χ1v) is 8.70. The Morgan fingerprint density at radius 2 is 1.78 bits per heavy atom. The monoisotopic (exact) mass is 312 g/mol. The highest BCUT2D eigenvalue weighted by Gasteiger charge is 1.98. The van der Waals surface area contributed by atoms with Gasteiger partial charge in [0.05, 0.1) is 6.61 Å². The molecule has 0 aliphatic rings. The van der Waals surface area contributed by atoms with Crippen LogP contribution in [-0.4, -0.2) is 11.6 Å². The first kappa shape index (κ1) is 17.5. The molecule has 0 aliphatic heterocycles. The van der Waals surface area contributed by atoms with Gasteiger partial charge >= 0.3 is 0 Å². The lowest BCUT2D eigenvalue weighted by atomic mass is 10.2. The summed E-state index contributed by atoms with van der Waals surface area (Å²) in [6.45, 7) is 4.72. The van der Waals surface area contributed by atoms with Gasteiger partial charge in [0.25, 0.3) is 0 Å². The Bertz CT molecular complexity index is 542. The van der Waals surface area contributed by atoms with E-state index in [2.05, 4.69) is 41.5 Å². The van der Waals surface area contributed by atoms with Crippen molar-refractivity contribution in [2.75, 3.05) is 6.61 Å². The number of nitrogens with one attached hydrogen (secondary N) is 1. The van der Waals surface area contributed by atoms with Gasteiger partial charge in [0.1, 0.15) is 5.75 Å². The highest BCUT2D eigenvalue weighted by atomic mass is 16.5. The van der Waals surface area contributed by atoms with Crippen LogP contribution in [0.1, 0.15) is 50.2 Å². The van der Waals surface area contributed by atoms with Crippen molar-refractivity contribution in [3.05, 3.63) is 59.9 Å². The van der Waals surface area contributed by atoms with Crippen LogP contribution in [-0.2, 0) is 13.1 Å². The molecule has 0 atom stereocenters. The largest absolute Gasteiger partial charge is 0.494 e. The van der Waals surface area contributed by atoms with Crippen molar-refractivity contribution in [2.24, 2.45) is 0 Å². The van der Waals surface area contributed by atoms with Crippen molar-refractivity contribution in [3.63, 3.8) is 0 Å². The Morgan fingerprint density at radius 3 is 2.61 bits per heavy atom. The topological polar surface area (TPSA) is 34.1 Å². The van der Waals surface area contributed by atoms with Gasteiger partial charge in [-0.3, -0.25) is 4.98 Å². The fourth-order valence-corrected chi connectivity index (χ4v) is 2.49. The Balaban J connectivity index is 1.67. The predicted molar refractivity (Wildman–Crippen MR) is 95.5 cm³/mol. The second-order valence-corrected chi connectivity index (χ2v) is 5.87. The maximum Gasteiger partial charge on any atom is 0.119 e. The molecule has 0 amide bonds. The number of aromatic nitrogens is 1. The van der Waals surface area contributed by atoms with Crippen LogP contribution in [0.25, 0.3) is 0 Å². The highest BCUT2D eigenvalue weighted by molar-refractivity contribution is 5.28. The van der Waals surface area contributed by atoms with Crippen molar-refractivity contribution in [1.29, 1.82) is 0 Å². The molecular weight excluding hydrogens is 284 g/mol. The highest BCUT2D eigenvalue weighted by Crippen LogP contribution is 2.14. The predicted octanol–water partition coefficient (Wildman–Crippen LogP) is 4.72. The Labute approximate surface area is 140 Å². The van der Waals surface area contributed by atoms with Gasteiger partial charge in [-0.1, -0.05) is 50.8 Å². The first-order chi connectivity index (χ1) is 11.4. The van der Waals surface area contributed by atoms with E-state index in [4.69, 9.17) is 4.74 Å². The van der Waals surface area contributed by atoms with Gasteiger partial charge in [-0.15, -0.1) is 0 Å². The fraction of sp³-hybridized carbons (Fsp3) is 0.450. The number of nitrogens with zero attached hydrogens (tertiary/aromatic N) is 1. The summed E-state index contributed by atoms with van der Waals surface area (Å²) in [4.78, 5) is 4.12. The van der Waals surface area contributed by atoms with Crippen molar-refractivity contribution >= 4 is 0 Å². The summed E-state index contributed by atoms with van der Waals surface area (Å²) in [6, 6.07) is 12.4. The third kappa shape index (κ3) is 7.29. The maximum atomic E-state index is 5.85. The molecule has 1 N–H and O–H groups in total. The molecule has 0 saturated carbocycles. The molecule has 0 aliphatic carbocycles. The van der Waals surface area contributed by atoms with Crippen molar-refractivity contribution in [2.45, 2.75) is 52.1 Å². The number of unbranched alkanes of at least 4 members (excludes halogenated alkanes) is 4. The SMILES string of the molecule is CCCCCCCOc1cccc(CNCc2cccnc2)c1. The maximum absolute atomic E-state index is 5.85. The zero-order valence-electron chi connectivity index (χ0n) is 14.1. The van der Waals surface area contributed by atoms with Gasteiger partial charge < -0.3 is 10.1 Å². The van der Waals surface area contributed by atoms with Crippen LogP contribution in [0.15, 0.2) is 48.8 Å². The van der Waals surface area contributed by atoms with Gasteiger partial charge in [0.2, 0.25) is 0 Å². The van der Waals surface area contributed by atoms with Crippen LogP contribution < -0.4 is 10.1 Å². The third-order valence-corrected chi connectivity index (χ3v) is 3.80. The molecule has 0 saturated heterocycles. The van der Waals surface area contributed by atoms with Crippen molar-refractivity contribution < 1.29 is 4.74 Å². The van der Waals surface area contributed by atoms with E-state index in [0.717, 1.165) is 31.9 Å². The minimum atomic E-state index is 0.816. The van der Waals surface area contributed by atoms with E-state index in [1.54, 1.807) is 6.20 Å². The quantitative estimate of drug-likeness (QED) is 0.610. The number of benzene rings is 1. The lowest BCUT2D eigenvalue weighted by Crippen LogP contribution is -2.12. The smallest absolute Gasteiger partial charge is 0.119 e. The van der Waals surface area contributed by atoms with Crippen LogP contribution in [0, 0.1) is 0 Å². The molecule has 3 heteroatoms. The van der Waals surface area contributed by atoms with E-state index in [-0.39, 0.29) is 0 Å². The summed E-state index contributed by atoms with van der Waals surface area (Å²) < 4.78 is 5.85. The second kappa shape index (κ2) is 10.8. The average Bonchev–Trinajstić information content (AvgIpc) is 2.59. The van der Waals surface area contributed by atoms with E-state index in [1.807, 2.05) is 18.3 Å². The molecule has 1 heterocycles. The Hall–Kier alpha value is -1.87. The normalized spacial score (nSPS) is 10.7. The van der Waals surface area contributed by atoms with E-state index in [0.29, 0.717) is 0 Å². The van der Waals surface area contributed by atoms with E-state index in [9.17, 15) is 0 Å². The van der Waals surface area contributed by atoms with E-state index < -0.39 is 0 Å². The molecular formula is C20H28N2O. The molecule has 2 rings (SSSR count). The van der Waals surface area contributed by atoms with E-state index in [1.165, 1.54) is 36.8 Å². The molecule has 1 aromatic carbocycles. The van der Waals surface area contributed by atoms with Gasteiger partial charge in [-0.25, -0.2) is 0 Å². The summed E-state index contributed by atoms with van der Waals surface area (Å²) in [5.41, 5.74) is 2.45. The molecule has 124 valence electrons. The van der Waals surface area contributed by atoms with Gasteiger partial charge in [0, 0.05) is 25.5 Å². The summed E-state index contributed by atoms with van der Waals surface area (Å²) in [5.74, 6) is 0.973. The molecule has 0 fully saturated rings. The Kier molecular flexibility index (Phi) is 8.20. The summed E-state index contributed by atoms with van der Waals surface area (Å²) in [7, 11) is 0. The zero-order valence-corrected chi connectivity index (χ0v) is 14.1. The van der Waals surface area contributed by atoms with Gasteiger partial charge in [-0.2, -0.15) is 0 Å². The summed E-state index contributed by atoms with van der Waals surface area (Å²) >= 11 is 0. The number of rotatable bonds is 11. The van der Waals surface area contributed by atoms with Gasteiger partial charge in [-0.05, 0) is 35.7 Å². The summed E-state index contributed by atoms with van der Waals surface area (Å²) in [6.07, 6.45) is 10.0. The lowest BCUT2D eigenvalue weighted by Gasteiger charge is -2.09. The fourth-order valence-electron chi connectivity index (χ4n) is 2.49. The molecule has 0 unspecified atom stereocenters. The van der Waals surface area contributed by atoms with Crippen LogP contribution in [0.5, 0.6) is 5.75 Å². The van der Waals surface area contributed by atoms with Gasteiger partial charge in [0.15, 0.2) is 0 Å². The Morgan fingerprint density at radius 1 is 0.957 bits per heavy atom. The van der Waals surface area contributed by atoms with E-state index >= 15 is 0 Å². The number of pyridine rings is 1. The van der Waals surface area contributed by atoms with Crippen LogP contribution in [0.4, 0.5) is 0 Å². The molecule has 0 spiro atoms. The molecule has 3 nitrogen and oxygen atoms in total. The second-order valence-electron chi connectivity index (χ2n) is 5.87. The molecule has 23 heavy (non-hydrogen) atoms. The minimum Gasteiger partial charge on any atom is -0.494 e. The standard InChI is InChI=1S/C20H28N2O/c1-2-3-4-5-6-13-23-20-11-7-9-18(14-20)15-22-17-19-10-8-12-21-16-19/h7-12,14,16,22H,2-6,13,15,17H2,1H3. The van der Waals surface area contributed by atoms with Crippen LogP contribution in [0.2, 0.25) is 0 Å². The van der Waals surface area contributed by atoms with Crippen molar-refractivity contribution in [3.8, 4) is 5.75 Å². The number of hydrogen-bond donors (Lipinski definition) is 1. The van der Waals surface area contributed by atoms with Crippen LogP contribution in [0.3, 0.4) is 0 Å². The first-order valence-electron chi connectivity index (χ1n) is 8.70. The average molecular weight is 312 g/mol. The van der Waals surface area contributed by atoms with Crippen molar-refractivity contribution in [1.82, 2.24) is 10.3 Å². The molecule has 0 radical (unpaired) electrons. The molecule has 1 aromatic heterocycles. The number of hydrogen-bond acceptors (Lipinski definition) is 3. The van der Waals surface area contributed by atoms with Crippen LogP contribution >= 0.6 is 0 Å². The third-order valence-electron chi connectivity index (χ3n) is 3.80. The lowest BCUT2D eigenvalue weighted by molar-refractivity contribution is 0.304. The zero-order chi connectivity index (χ0) is 16.2.